The fraction of sp³-hybridized carbons (Fsp3) is 0.273. The van der Waals surface area contributed by atoms with Crippen LogP contribution in [0, 0.1) is 13.8 Å². The monoisotopic (exact) mass is 411 g/mol. The Bertz CT molecular complexity index is 1000. The van der Waals surface area contributed by atoms with E-state index in [4.69, 9.17) is 21.7 Å². The van der Waals surface area contributed by atoms with Crippen molar-refractivity contribution in [2.45, 2.75) is 26.8 Å². The molecule has 6 nitrogen and oxygen atoms in total. The highest BCUT2D eigenvalue weighted by Crippen LogP contribution is 2.34. The smallest absolute Gasteiger partial charge is 0.255 e. The average Bonchev–Trinajstić information content (AvgIpc) is 2.68. The first-order chi connectivity index (χ1) is 13.8. The maximum atomic E-state index is 13.2. The van der Waals surface area contributed by atoms with Gasteiger partial charge in [-0.05, 0) is 62.3 Å². The molecule has 0 saturated heterocycles. The zero-order valence-electron chi connectivity index (χ0n) is 17.2. The van der Waals surface area contributed by atoms with Gasteiger partial charge in [0.15, 0.2) is 16.6 Å². The largest absolute Gasteiger partial charge is 0.493 e. The number of allylic oxidation sites excluding steroid dienone is 1. The zero-order valence-corrected chi connectivity index (χ0v) is 18.0. The van der Waals surface area contributed by atoms with Crippen molar-refractivity contribution in [1.29, 1.82) is 0 Å². The molecule has 0 bridgehead atoms. The van der Waals surface area contributed by atoms with Gasteiger partial charge in [-0.3, -0.25) is 4.79 Å². The van der Waals surface area contributed by atoms with E-state index in [-0.39, 0.29) is 5.91 Å². The van der Waals surface area contributed by atoms with E-state index in [0.717, 1.165) is 22.4 Å². The Hall–Kier alpha value is -3.06. The van der Waals surface area contributed by atoms with Crippen molar-refractivity contribution in [3.05, 3.63) is 64.4 Å². The Balaban J connectivity index is 1.98. The molecule has 1 atom stereocenters. The molecule has 7 heteroatoms. The van der Waals surface area contributed by atoms with E-state index in [1.807, 2.05) is 57.2 Å². The Morgan fingerprint density at radius 1 is 1.03 bits per heavy atom. The summed E-state index contributed by atoms with van der Waals surface area (Å²) in [6.07, 6.45) is 0. The van der Waals surface area contributed by atoms with Crippen molar-refractivity contribution < 1.29 is 14.3 Å². The highest BCUT2D eigenvalue weighted by molar-refractivity contribution is 7.80. The van der Waals surface area contributed by atoms with Gasteiger partial charge in [0.25, 0.3) is 5.91 Å². The zero-order chi connectivity index (χ0) is 21.1. The second-order valence-electron chi connectivity index (χ2n) is 6.96. The summed E-state index contributed by atoms with van der Waals surface area (Å²) in [4.78, 5) is 13.2. The fourth-order valence-electron chi connectivity index (χ4n) is 3.42. The van der Waals surface area contributed by atoms with Crippen LogP contribution in [0.3, 0.4) is 0 Å². The molecule has 29 heavy (non-hydrogen) atoms. The molecule has 0 aliphatic carbocycles. The molecule has 0 fully saturated rings. The van der Waals surface area contributed by atoms with Crippen LogP contribution in [0.5, 0.6) is 11.5 Å². The predicted octanol–water partition coefficient (Wildman–Crippen LogP) is 3.75. The molecular formula is C22H25N3O3S. The van der Waals surface area contributed by atoms with Gasteiger partial charge >= 0.3 is 0 Å². The number of carbonyl (C=O) groups is 1. The van der Waals surface area contributed by atoms with Crippen molar-refractivity contribution in [1.82, 2.24) is 10.6 Å². The first-order valence-corrected chi connectivity index (χ1v) is 9.63. The first-order valence-electron chi connectivity index (χ1n) is 9.23. The summed E-state index contributed by atoms with van der Waals surface area (Å²) in [6.45, 7) is 5.84. The molecule has 1 aliphatic rings. The Labute approximate surface area is 176 Å². The number of nitrogens with one attached hydrogen (secondary N) is 3. The number of ether oxygens (including phenoxy) is 2. The van der Waals surface area contributed by atoms with Crippen LogP contribution in [-0.2, 0) is 4.79 Å². The van der Waals surface area contributed by atoms with Crippen LogP contribution >= 0.6 is 12.2 Å². The third-order valence-electron chi connectivity index (χ3n) is 4.88. The van der Waals surface area contributed by atoms with E-state index in [9.17, 15) is 4.79 Å². The number of amides is 1. The van der Waals surface area contributed by atoms with Gasteiger partial charge in [-0.1, -0.05) is 23.8 Å². The van der Waals surface area contributed by atoms with Crippen molar-refractivity contribution >= 4 is 28.9 Å². The van der Waals surface area contributed by atoms with E-state index in [2.05, 4.69) is 16.0 Å². The second kappa shape index (κ2) is 8.53. The molecule has 0 spiro atoms. The Kier molecular flexibility index (Phi) is 6.08. The minimum absolute atomic E-state index is 0.197. The maximum absolute atomic E-state index is 13.2. The van der Waals surface area contributed by atoms with E-state index in [0.29, 0.717) is 27.9 Å². The molecule has 152 valence electrons. The molecule has 0 radical (unpaired) electrons. The number of thiocarbonyl (C=S) groups is 1. The van der Waals surface area contributed by atoms with Gasteiger partial charge in [0.2, 0.25) is 0 Å². The number of carbonyl (C=O) groups excluding carboxylic acids is 1. The maximum Gasteiger partial charge on any atom is 0.255 e. The highest BCUT2D eigenvalue weighted by atomic mass is 32.1. The van der Waals surface area contributed by atoms with Gasteiger partial charge in [-0.15, -0.1) is 0 Å². The summed E-state index contributed by atoms with van der Waals surface area (Å²) in [7, 11) is 3.17. The molecule has 0 saturated carbocycles. The summed E-state index contributed by atoms with van der Waals surface area (Å²) < 4.78 is 10.7. The Morgan fingerprint density at radius 3 is 2.41 bits per heavy atom. The molecule has 1 heterocycles. The van der Waals surface area contributed by atoms with Crippen LogP contribution in [0.1, 0.15) is 29.7 Å². The molecule has 0 aromatic heterocycles. The summed E-state index contributed by atoms with van der Waals surface area (Å²) in [5, 5.41) is 9.74. The number of aryl methyl sites for hydroxylation is 2. The van der Waals surface area contributed by atoms with E-state index in [1.54, 1.807) is 14.2 Å². The molecule has 2 aromatic rings. The third kappa shape index (κ3) is 4.35. The van der Waals surface area contributed by atoms with Crippen LogP contribution in [-0.4, -0.2) is 25.2 Å². The summed E-state index contributed by atoms with van der Waals surface area (Å²) >= 11 is 5.33. The molecule has 3 N–H and O–H groups in total. The normalized spacial score (nSPS) is 16.0. The van der Waals surface area contributed by atoms with E-state index < -0.39 is 6.04 Å². The van der Waals surface area contributed by atoms with E-state index >= 15 is 0 Å². The number of methoxy groups -OCH3 is 2. The second-order valence-corrected chi connectivity index (χ2v) is 7.37. The van der Waals surface area contributed by atoms with Crippen molar-refractivity contribution in [3.8, 4) is 11.5 Å². The number of hydrogen-bond acceptors (Lipinski definition) is 4. The fourth-order valence-corrected chi connectivity index (χ4v) is 3.69. The van der Waals surface area contributed by atoms with Crippen molar-refractivity contribution in [2.75, 3.05) is 19.5 Å². The molecule has 1 amide bonds. The average molecular weight is 412 g/mol. The number of anilines is 1. The lowest BCUT2D eigenvalue weighted by Crippen LogP contribution is -2.45. The Morgan fingerprint density at radius 2 is 1.76 bits per heavy atom. The minimum Gasteiger partial charge on any atom is -0.493 e. The van der Waals surface area contributed by atoms with Crippen LogP contribution in [0.15, 0.2) is 47.7 Å². The van der Waals surface area contributed by atoms with Gasteiger partial charge in [0.1, 0.15) is 0 Å². The lowest BCUT2D eigenvalue weighted by molar-refractivity contribution is -0.113. The van der Waals surface area contributed by atoms with Crippen LogP contribution in [0.2, 0.25) is 0 Å². The van der Waals surface area contributed by atoms with Gasteiger partial charge in [0.05, 0.1) is 25.8 Å². The van der Waals surface area contributed by atoms with Crippen molar-refractivity contribution in [2.24, 2.45) is 0 Å². The van der Waals surface area contributed by atoms with Crippen LogP contribution in [0.25, 0.3) is 0 Å². The minimum atomic E-state index is -0.422. The van der Waals surface area contributed by atoms with Gasteiger partial charge in [0, 0.05) is 11.4 Å². The molecule has 0 unspecified atom stereocenters. The van der Waals surface area contributed by atoms with Crippen LogP contribution in [0.4, 0.5) is 5.69 Å². The van der Waals surface area contributed by atoms with Crippen LogP contribution < -0.4 is 25.4 Å². The quantitative estimate of drug-likeness (QED) is 0.651. The summed E-state index contributed by atoms with van der Waals surface area (Å²) in [5.41, 5.74) is 5.04. The lowest BCUT2D eigenvalue weighted by Gasteiger charge is -2.30. The van der Waals surface area contributed by atoms with Gasteiger partial charge in [-0.25, -0.2) is 0 Å². The summed E-state index contributed by atoms with van der Waals surface area (Å²) in [5.74, 6) is 1.01. The number of hydrogen-bond donors (Lipinski definition) is 3. The molecular weight excluding hydrogens is 386 g/mol. The van der Waals surface area contributed by atoms with E-state index in [1.165, 1.54) is 0 Å². The first kappa shape index (κ1) is 20.7. The van der Waals surface area contributed by atoms with Crippen molar-refractivity contribution in [3.63, 3.8) is 0 Å². The van der Waals surface area contributed by atoms with Gasteiger partial charge < -0.3 is 25.4 Å². The summed E-state index contributed by atoms with van der Waals surface area (Å²) in [6, 6.07) is 11.1. The number of benzene rings is 2. The van der Waals surface area contributed by atoms with Gasteiger partial charge in [-0.2, -0.15) is 0 Å². The standard InChI is InChI=1S/C22H25N3O3S/c1-12-6-8-16(13(2)10-12)24-21(26)19-14(3)23-22(29)25-20(19)15-7-9-17(27-4)18(11-15)28-5/h6-11,20H,1-5H3,(H,24,26)(H2,23,25,29)/t20-/m1/s1. The lowest BCUT2D eigenvalue weighted by atomic mass is 9.94. The third-order valence-corrected chi connectivity index (χ3v) is 5.10. The number of rotatable bonds is 5. The molecule has 1 aliphatic heterocycles. The molecule has 3 rings (SSSR count). The molecule has 2 aromatic carbocycles. The topological polar surface area (TPSA) is 71.6 Å². The SMILES string of the molecule is COc1ccc([C@H]2NC(=S)NC(C)=C2C(=O)Nc2ccc(C)cc2C)cc1OC. The highest BCUT2D eigenvalue weighted by Gasteiger charge is 2.30. The predicted molar refractivity (Wildman–Crippen MR) is 118 cm³/mol.